The van der Waals surface area contributed by atoms with E-state index in [9.17, 15) is 18.7 Å². The molecule has 0 fully saturated rings. The van der Waals surface area contributed by atoms with Gasteiger partial charge in [0.2, 0.25) is 5.91 Å². The molecule has 1 aromatic carbocycles. The molecule has 0 aromatic heterocycles. The van der Waals surface area contributed by atoms with E-state index in [0.717, 1.165) is 12.1 Å². The van der Waals surface area contributed by atoms with Crippen molar-refractivity contribution < 1.29 is 23.4 Å². The SMILES string of the molecule is COCC(=O)NC(C)C(O)c1ccc(F)c(F)c1. The maximum absolute atomic E-state index is 13.0. The third-order valence-electron chi connectivity index (χ3n) is 2.42. The number of carbonyl (C=O) groups excluding carboxylic acids is 1. The highest BCUT2D eigenvalue weighted by Crippen LogP contribution is 2.19. The Hall–Kier alpha value is -1.53. The van der Waals surface area contributed by atoms with Crippen molar-refractivity contribution in [1.29, 1.82) is 0 Å². The summed E-state index contributed by atoms with van der Waals surface area (Å²) in [7, 11) is 1.37. The van der Waals surface area contributed by atoms with Crippen LogP contribution >= 0.6 is 0 Å². The van der Waals surface area contributed by atoms with E-state index < -0.39 is 29.7 Å². The van der Waals surface area contributed by atoms with Gasteiger partial charge in [-0.15, -0.1) is 0 Å². The maximum atomic E-state index is 13.0. The van der Waals surface area contributed by atoms with Crippen molar-refractivity contribution in [3.63, 3.8) is 0 Å². The van der Waals surface area contributed by atoms with Crippen molar-refractivity contribution >= 4 is 5.91 Å². The Labute approximate surface area is 104 Å². The van der Waals surface area contributed by atoms with Crippen LogP contribution in [-0.2, 0) is 9.53 Å². The lowest BCUT2D eigenvalue weighted by Crippen LogP contribution is -2.39. The van der Waals surface area contributed by atoms with E-state index in [2.05, 4.69) is 10.1 Å². The van der Waals surface area contributed by atoms with E-state index >= 15 is 0 Å². The molecule has 0 saturated heterocycles. The zero-order chi connectivity index (χ0) is 13.7. The number of methoxy groups -OCH3 is 1. The number of amides is 1. The lowest BCUT2D eigenvalue weighted by molar-refractivity contribution is -0.126. The molecule has 1 amide bonds. The van der Waals surface area contributed by atoms with Crippen LogP contribution in [0.5, 0.6) is 0 Å². The minimum atomic E-state index is -1.12. The number of hydrogen-bond acceptors (Lipinski definition) is 3. The van der Waals surface area contributed by atoms with Gasteiger partial charge in [0, 0.05) is 7.11 Å². The van der Waals surface area contributed by atoms with Crippen LogP contribution in [0.25, 0.3) is 0 Å². The minimum Gasteiger partial charge on any atom is -0.386 e. The molecule has 1 rings (SSSR count). The van der Waals surface area contributed by atoms with Gasteiger partial charge in [-0.2, -0.15) is 0 Å². The molecule has 0 bridgehead atoms. The Kier molecular flexibility index (Phi) is 5.18. The number of aliphatic hydroxyl groups is 1. The highest BCUT2D eigenvalue weighted by atomic mass is 19.2. The summed E-state index contributed by atoms with van der Waals surface area (Å²) in [4.78, 5) is 11.2. The number of hydrogen-bond donors (Lipinski definition) is 2. The van der Waals surface area contributed by atoms with Gasteiger partial charge in [-0.05, 0) is 24.6 Å². The topological polar surface area (TPSA) is 58.6 Å². The summed E-state index contributed by atoms with van der Waals surface area (Å²) >= 11 is 0. The predicted octanol–water partition coefficient (Wildman–Crippen LogP) is 1.15. The summed E-state index contributed by atoms with van der Waals surface area (Å²) in [6, 6.07) is 2.45. The standard InChI is InChI=1S/C12H15F2NO3/c1-7(15-11(16)6-18-2)12(17)8-3-4-9(13)10(14)5-8/h3-5,7,12,17H,6H2,1-2H3,(H,15,16). The quantitative estimate of drug-likeness (QED) is 0.834. The molecular weight excluding hydrogens is 244 g/mol. The van der Waals surface area contributed by atoms with E-state index in [-0.39, 0.29) is 12.2 Å². The van der Waals surface area contributed by atoms with Gasteiger partial charge < -0.3 is 15.2 Å². The Balaban J connectivity index is 2.70. The number of aliphatic hydroxyl groups excluding tert-OH is 1. The van der Waals surface area contributed by atoms with Crippen LogP contribution < -0.4 is 5.32 Å². The van der Waals surface area contributed by atoms with Crippen LogP contribution in [0.15, 0.2) is 18.2 Å². The molecular formula is C12H15F2NO3. The first-order chi connectivity index (χ1) is 8.45. The van der Waals surface area contributed by atoms with E-state index in [4.69, 9.17) is 0 Å². The number of benzene rings is 1. The van der Waals surface area contributed by atoms with Gasteiger partial charge in [0.25, 0.3) is 0 Å². The molecule has 0 aliphatic rings. The Bertz CT molecular complexity index is 426. The lowest BCUT2D eigenvalue weighted by atomic mass is 10.0. The number of halogens is 2. The predicted molar refractivity (Wildman–Crippen MR) is 60.8 cm³/mol. The number of carbonyl (C=O) groups is 1. The number of nitrogens with one attached hydrogen (secondary N) is 1. The molecule has 0 heterocycles. The Morgan fingerprint density at radius 2 is 2.11 bits per heavy atom. The second-order valence-corrected chi connectivity index (χ2v) is 3.91. The van der Waals surface area contributed by atoms with E-state index in [1.54, 1.807) is 6.92 Å². The fourth-order valence-electron chi connectivity index (χ4n) is 1.49. The first-order valence-corrected chi connectivity index (χ1v) is 5.37. The number of rotatable bonds is 5. The van der Waals surface area contributed by atoms with Crippen LogP contribution in [0.1, 0.15) is 18.6 Å². The molecule has 6 heteroatoms. The maximum Gasteiger partial charge on any atom is 0.246 e. The highest BCUT2D eigenvalue weighted by Gasteiger charge is 2.19. The van der Waals surface area contributed by atoms with E-state index in [1.165, 1.54) is 13.2 Å². The fourth-order valence-corrected chi connectivity index (χ4v) is 1.49. The molecule has 0 spiro atoms. The van der Waals surface area contributed by atoms with E-state index in [1.807, 2.05) is 0 Å². The van der Waals surface area contributed by atoms with Crippen molar-refractivity contribution in [1.82, 2.24) is 5.32 Å². The van der Waals surface area contributed by atoms with Crippen LogP contribution in [0.4, 0.5) is 8.78 Å². The largest absolute Gasteiger partial charge is 0.386 e. The second kappa shape index (κ2) is 6.42. The van der Waals surface area contributed by atoms with Crippen LogP contribution in [-0.4, -0.2) is 30.8 Å². The van der Waals surface area contributed by atoms with Crippen molar-refractivity contribution in [2.75, 3.05) is 13.7 Å². The molecule has 0 aliphatic heterocycles. The fraction of sp³-hybridized carbons (Fsp3) is 0.417. The van der Waals surface area contributed by atoms with Crippen molar-refractivity contribution in [2.24, 2.45) is 0 Å². The molecule has 0 radical (unpaired) electrons. The van der Waals surface area contributed by atoms with Gasteiger partial charge >= 0.3 is 0 Å². The Morgan fingerprint density at radius 1 is 1.44 bits per heavy atom. The molecule has 2 unspecified atom stereocenters. The first kappa shape index (κ1) is 14.5. The van der Waals surface area contributed by atoms with Crippen molar-refractivity contribution in [2.45, 2.75) is 19.1 Å². The molecule has 0 saturated carbocycles. The zero-order valence-corrected chi connectivity index (χ0v) is 10.1. The van der Waals surface area contributed by atoms with Gasteiger partial charge in [-0.3, -0.25) is 4.79 Å². The average molecular weight is 259 g/mol. The third kappa shape index (κ3) is 3.75. The minimum absolute atomic E-state index is 0.130. The van der Waals surface area contributed by atoms with Crippen molar-refractivity contribution in [3.8, 4) is 0 Å². The highest BCUT2D eigenvalue weighted by molar-refractivity contribution is 5.77. The van der Waals surface area contributed by atoms with Crippen molar-refractivity contribution in [3.05, 3.63) is 35.4 Å². The van der Waals surface area contributed by atoms with Gasteiger partial charge in [0.05, 0.1) is 12.1 Å². The summed E-state index contributed by atoms with van der Waals surface area (Å²) in [5.74, 6) is -2.42. The zero-order valence-electron chi connectivity index (χ0n) is 10.1. The van der Waals surface area contributed by atoms with Crippen LogP contribution in [0.2, 0.25) is 0 Å². The Morgan fingerprint density at radius 3 is 2.67 bits per heavy atom. The number of ether oxygens (including phenoxy) is 1. The summed E-state index contributed by atoms with van der Waals surface area (Å²) < 4.78 is 30.3. The monoisotopic (exact) mass is 259 g/mol. The second-order valence-electron chi connectivity index (χ2n) is 3.91. The van der Waals surface area contributed by atoms with Gasteiger partial charge in [0.1, 0.15) is 6.61 Å². The summed E-state index contributed by atoms with van der Waals surface area (Å²) in [5, 5.41) is 12.4. The van der Waals surface area contributed by atoms with Gasteiger partial charge in [-0.1, -0.05) is 6.07 Å². The summed E-state index contributed by atoms with van der Waals surface area (Å²) in [6.45, 7) is 1.42. The molecule has 0 aliphatic carbocycles. The summed E-state index contributed by atoms with van der Waals surface area (Å²) in [6.07, 6.45) is -1.12. The van der Waals surface area contributed by atoms with Crippen LogP contribution in [0, 0.1) is 11.6 Å². The van der Waals surface area contributed by atoms with Crippen LogP contribution in [0.3, 0.4) is 0 Å². The summed E-state index contributed by atoms with van der Waals surface area (Å²) in [5.41, 5.74) is 0.194. The molecule has 100 valence electrons. The normalized spacial score (nSPS) is 14.1. The lowest BCUT2D eigenvalue weighted by Gasteiger charge is -2.20. The molecule has 2 atom stereocenters. The third-order valence-corrected chi connectivity index (χ3v) is 2.42. The molecule has 18 heavy (non-hydrogen) atoms. The first-order valence-electron chi connectivity index (χ1n) is 5.37. The average Bonchev–Trinajstić information content (AvgIpc) is 2.32. The van der Waals surface area contributed by atoms with Gasteiger partial charge in [-0.25, -0.2) is 8.78 Å². The molecule has 2 N–H and O–H groups in total. The van der Waals surface area contributed by atoms with Gasteiger partial charge in [0.15, 0.2) is 11.6 Å². The molecule has 1 aromatic rings. The smallest absolute Gasteiger partial charge is 0.246 e. The van der Waals surface area contributed by atoms with E-state index in [0.29, 0.717) is 0 Å². The molecule has 4 nitrogen and oxygen atoms in total.